The zero-order valence-corrected chi connectivity index (χ0v) is 10.9. The number of H-pyrrole nitrogens is 1. The van der Waals surface area contributed by atoms with Gasteiger partial charge < -0.3 is 15.4 Å². The van der Waals surface area contributed by atoms with Gasteiger partial charge in [0, 0.05) is 19.3 Å². The SMILES string of the molecule is O=C(NCC1CCCCC1CO)c1ccc[nH]c1=O. The molecule has 104 valence electrons. The maximum absolute atomic E-state index is 11.9. The van der Waals surface area contributed by atoms with Crippen molar-refractivity contribution in [1.82, 2.24) is 10.3 Å². The molecule has 1 aromatic rings. The molecule has 1 aliphatic rings. The minimum atomic E-state index is -0.373. The van der Waals surface area contributed by atoms with E-state index in [4.69, 9.17) is 0 Å². The van der Waals surface area contributed by atoms with Gasteiger partial charge >= 0.3 is 0 Å². The van der Waals surface area contributed by atoms with Gasteiger partial charge in [0.1, 0.15) is 5.56 Å². The predicted octanol–water partition coefficient (Wildman–Crippen LogP) is 0.903. The zero-order valence-electron chi connectivity index (χ0n) is 10.9. The monoisotopic (exact) mass is 264 g/mol. The van der Waals surface area contributed by atoms with Gasteiger partial charge in [-0.2, -0.15) is 0 Å². The molecule has 1 aromatic heterocycles. The Labute approximate surface area is 112 Å². The van der Waals surface area contributed by atoms with Gasteiger partial charge in [0.05, 0.1) is 0 Å². The van der Waals surface area contributed by atoms with Crippen molar-refractivity contribution in [1.29, 1.82) is 0 Å². The Bertz CT molecular complexity index is 484. The minimum absolute atomic E-state index is 0.138. The molecule has 0 aliphatic heterocycles. The van der Waals surface area contributed by atoms with Crippen LogP contribution in [0.3, 0.4) is 0 Å². The summed E-state index contributed by atoms with van der Waals surface area (Å²) in [7, 11) is 0. The van der Waals surface area contributed by atoms with Crippen LogP contribution in [0.15, 0.2) is 23.1 Å². The second kappa shape index (κ2) is 6.52. The number of aromatic nitrogens is 1. The fourth-order valence-electron chi connectivity index (χ4n) is 2.71. The predicted molar refractivity (Wildman–Crippen MR) is 71.9 cm³/mol. The highest BCUT2D eigenvalue weighted by Crippen LogP contribution is 2.29. The number of carbonyl (C=O) groups excluding carboxylic acids is 1. The molecule has 5 heteroatoms. The van der Waals surface area contributed by atoms with Crippen molar-refractivity contribution in [2.75, 3.05) is 13.2 Å². The highest BCUT2D eigenvalue weighted by atomic mass is 16.3. The summed E-state index contributed by atoms with van der Waals surface area (Å²) >= 11 is 0. The first kappa shape index (κ1) is 13.8. The Kier molecular flexibility index (Phi) is 4.74. The molecular weight excluding hydrogens is 244 g/mol. The van der Waals surface area contributed by atoms with E-state index in [0.29, 0.717) is 12.5 Å². The Morgan fingerprint density at radius 1 is 1.37 bits per heavy atom. The van der Waals surface area contributed by atoms with E-state index in [0.717, 1.165) is 25.7 Å². The summed E-state index contributed by atoms with van der Waals surface area (Å²) < 4.78 is 0. The summed E-state index contributed by atoms with van der Waals surface area (Å²) in [6, 6.07) is 3.14. The molecule has 3 N–H and O–H groups in total. The van der Waals surface area contributed by atoms with Gasteiger partial charge in [-0.25, -0.2) is 0 Å². The largest absolute Gasteiger partial charge is 0.396 e. The lowest BCUT2D eigenvalue weighted by molar-refractivity contribution is 0.0908. The number of hydrogen-bond donors (Lipinski definition) is 3. The van der Waals surface area contributed by atoms with Crippen molar-refractivity contribution in [3.8, 4) is 0 Å². The summed E-state index contributed by atoms with van der Waals surface area (Å²) in [5.74, 6) is 0.234. The fraction of sp³-hybridized carbons (Fsp3) is 0.571. The molecule has 1 saturated carbocycles. The number of pyridine rings is 1. The van der Waals surface area contributed by atoms with Gasteiger partial charge in [-0.1, -0.05) is 12.8 Å². The smallest absolute Gasteiger partial charge is 0.260 e. The first-order valence-corrected chi connectivity index (χ1v) is 6.79. The molecule has 0 spiro atoms. The first-order chi connectivity index (χ1) is 9.22. The maximum Gasteiger partial charge on any atom is 0.260 e. The van der Waals surface area contributed by atoms with Crippen LogP contribution < -0.4 is 10.9 Å². The number of nitrogens with one attached hydrogen (secondary N) is 2. The summed E-state index contributed by atoms with van der Waals surface area (Å²) in [6.45, 7) is 0.699. The highest BCUT2D eigenvalue weighted by molar-refractivity contribution is 5.93. The number of amides is 1. The summed E-state index contributed by atoms with van der Waals surface area (Å²) in [4.78, 5) is 25.9. The molecule has 19 heavy (non-hydrogen) atoms. The van der Waals surface area contributed by atoms with E-state index in [1.54, 1.807) is 6.07 Å². The fourth-order valence-corrected chi connectivity index (χ4v) is 2.71. The summed E-state index contributed by atoms with van der Waals surface area (Å²) in [5, 5.41) is 12.1. The van der Waals surface area contributed by atoms with Crippen LogP contribution in [0.4, 0.5) is 0 Å². The lowest BCUT2D eigenvalue weighted by atomic mass is 9.79. The van der Waals surface area contributed by atoms with Crippen LogP contribution in [0.2, 0.25) is 0 Å². The van der Waals surface area contributed by atoms with Gasteiger partial charge in [0.2, 0.25) is 0 Å². The maximum atomic E-state index is 11.9. The molecule has 1 amide bonds. The summed E-state index contributed by atoms with van der Waals surface area (Å²) in [6.07, 6.45) is 5.83. The minimum Gasteiger partial charge on any atom is -0.396 e. The van der Waals surface area contributed by atoms with Crippen molar-refractivity contribution < 1.29 is 9.90 Å². The van der Waals surface area contributed by atoms with E-state index >= 15 is 0 Å². The third kappa shape index (κ3) is 3.44. The first-order valence-electron chi connectivity index (χ1n) is 6.79. The molecular formula is C14H20N2O3. The average molecular weight is 264 g/mol. The zero-order chi connectivity index (χ0) is 13.7. The summed E-state index contributed by atoms with van der Waals surface area (Å²) in [5.41, 5.74) is -0.235. The Hall–Kier alpha value is -1.62. The van der Waals surface area contributed by atoms with Gasteiger partial charge in [0.25, 0.3) is 11.5 Å². The van der Waals surface area contributed by atoms with Gasteiger partial charge in [-0.3, -0.25) is 9.59 Å². The van der Waals surface area contributed by atoms with E-state index in [2.05, 4.69) is 10.3 Å². The number of aliphatic hydroxyl groups is 1. The van der Waals surface area contributed by atoms with Crippen molar-refractivity contribution in [3.63, 3.8) is 0 Å². The number of hydrogen-bond acceptors (Lipinski definition) is 3. The Morgan fingerprint density at radius 2 is 2.11 bits per heavy atom. The molecule has 0 radical (unpaired) electrons. The highest BCUT2D eigenvalue weighted by Gasteiger charge is 2.25. The number of aliphatic hydroxyl groups excluding tert-OH is 1. The van der Waals surface area contributed by atoms with Gasteiger partial charge in [-0.05, 0) is 36.8 Å². The average Bonchev–Trinajstić information content (AvgIpc) is 2.45. The quantitative estimate of drug-likeness (QED) is 0.755. The van der Waals surface area contributed by atoms with E-state index < -0.39 is 0 Å². The van der Waals surface area contributed by atoms with Crippen molar-refractivity contribution >= 4 is 5.91 Å². The molecule has 2 rings (SSSR count). The van der Waals surface area contributed by atoms with Crippen LogP contribution in [0, 0.1) is 11.8 Å². The second-order valence-corrected chi connectivity index (χ2v) is 5.11. The van der Waals surface area contributed by atoms with E-state index in [1.165, 1.54) is 12.3 Å². The molecule has 0 aromatic carbocycles. The van der Waals surface area contributed by atoms with Crippen molar-refractivity contribution in [3.05, 3.63) is 34.2 Å². The van der Waals surface area contributed by atoms with Crippen LogP contribution in [-0.2, 0) is 0 Å². The lowest BCUT2D eigenvalue weighted by Crippen LogP contribution is -2.37. The van der Waals surface area contributed by atoms with Crippen LogP contribution in [0.5, 0.6) is 0 Å². The molecule has 1 fully saturated rings. The number of rotatable bonds is 4. The topological polar surface area (TPSA) is 82.2 Å². The van der Waals surface area contributed by atoms with Crippen LogP contribution in [-0.4, -0.2) is 29.1 Å². The number of carbonyl (C=O) groups is 1. The molecule has 0 saturated heterocycles. The van der Waals surface area contributed by atoms with E-state index in [9.17, 15) is 14.7 Å². The lowest BCUT2D eigenvalue weighted by Gasteiger charge is -2.30. The second-order valence-electron chi connectivity index (χ2n) is 5.11. The Balaban J connectivity index is 1.93. The van der Waals surface area contributed by atoms with Crippen LogP contribution >= 0.6 is 0 Å². The number of aromatic amines is 1. The van der Waals surface area contributed by atoms with E-state index in [-0.39, 0.29) is 29.6 Å². The molecule has 0 bridgehead atoms. The van der Waals surface area contributed by atoms with E-state index in [1.807, 2.05) is 0 Å². The van der Waals surface area contributed by atoms with Crippen LogP contribution in [0.1, 0.15) is 36.0 Å². The standard InChI is InChI=1S/C14H20N2O3/c17-9-11-5-2-1-4-10(11)8-16-14(19)12-6-3-7-15-13(12)18/h3,6-7,10-11,17H,1-2,4-5,8-9H2,(H,15,18)(H,16,19). The molecule has 5 nitrogen and oxygen atoms in total. The normalized spacial score (nSPS) is 23.0. The third-order valence-electron chi connectivity index (χ3n) is 3.89. The molecule has 1 heterocycles. The van der Waals surface area contributed by atoms with Crippen molar-refractivity contribution in [2.45, 2.75) is 25.7 Å². The molecule has 2 atom stereocenters. The molecule has 1 aliphatic carbocycles. The molecule has 2 unspecified atom stereocenters. The van der Waals surface area contributed by atoms with Gasteiger partial charge in [0.15, 0.2) is 0 Å². The van der Waals surface area contributed by atoms with Crippen LogP contribution in [0.25, 0.3) is 0 Å². The van der Waals surface area contributed by atoms with Crippen molar-refractivity contribution in [2.24, 2.45) is 11.8 Å². The Morgan fingerprint density at radius 3 is 2.79 bits per heavy atom. The third-order valence-corrected chi connectivity index (χ3v) is 3.89. The van der Waals surface area contributed by atoms with Gasteiger partial charge in [-0.15, -0.1) is 0 Å².